The molecule has 6 nitrogen and oxygen atoms in total. The second kappa shape index (κ2) is 7.74. The van der Waals surface area contributed by atoms with Crippen LogP contribution in [0.3, 0.4) is 0 Å². The number of hydrogen-bond acceptors (Lipinski definition) is 6. The molecule has 0 bridgehead atoms. The van der Waals surface area contributed by atoms with Crippen LogP contribution in [0.5, 0.6) is 0 Å². The van der Waals surface area contributed by atoms with Crippen molar-refractivity contribution in [2.45, 2.75) is 18.8 Å². The van der Waals surface area contributed by atoms with Crippen molar-refractivity contribution in [1.29, 1.82) is 10.5 Å². The number of halogens is 1. The molecule has 1 atom stereocenters. The van der Waals surface area contributed by atoms with E-state index in [4.69, 9.17) is 11.5 Å². The molecule has 1 unspecified atom stereocenters. The van der Waals surface area contributed by atoms with Crippen LogP contribution < -0.4 is 16.8 Å². The second-order valence-electron chi connectivity index (χ2n) is 6.31. The van der Waals surface area contributed by atoms with Gasteiger partial charge in [0.15, 0.2) is 0 Å². The van der Waals surface area contributed by atoms with E-state index < -0.39 is 5.92 Å². The van der Waals surface area contributed by atoms with Crippen molar-refractivity contribution in [2.24, 2.45) is 22.4 Å². The number of nitriles is 2. The Balaban J connectivity index is 2.21. The Labute approximate surface area is 161 Å². The van der Waals surface area contributed by atoms with Gasteiger partial charge in [0.25, 0.3) is 0 Å². The Bertz CT molecular complexity index is 894. The molecule has 5 N–H and O–H groups in total. The average molecular weight is 411 g/mol. The van der Waals surface area contributed by atoms with Gasteiger partial charge < -0.3 is 16.8 Å². The Hall–Kier alpha value is -2.61. The Kier molecular flexibility index (Phi) is 5.41. The first-order valence-corrected chi connectivity index (χ1v) is 9.21. The molecule has 2 heterocycles. The van der Waals surface area contributed by atoms with Crippen molar-refractivity contribution in [3.8, 4) is 12.1 Å². The van der Waals surface area contributed by atoms with Gasteiger partial charge in [0.2, 0.25) is 0 Å². The summed E-state index contributed by atoms with van der Waals surface area (Å²) in [5.41, 5.74) is 15.2. The molecule has 2 aliphatic heterocycles. The lowest BCUT2D eigenvalue weighted by atomic mass is 9.78. The fourth-order valence-corrected chi connectivity index (χ4v) is 4.18. The maximum Gasteiger partial charge on any atom is 0.129 e. The summed E-state index contributed by atoms with van der Waals surface area (Å²) in [6.45, 7) is 1.78. The molecule has 1 aromatic carbocycles. The van der Waals surface area contributed by atoms with Crippen LogP contribution >= 0.6 is 15.9 Å². The Morgan fingerprint density at radius 2 is 1.96 bits per heavy atom. The first-order valence-electron chi connectivity index (χ1n) is 8.42. The minimum atomic E-state index is -0.435. The van der Waals surface area contributed by atoms with Gasteiger partial charge in [-0.15, -0.1) is 0 Å². The lowest BCUT2D eigenvalue weighted by Gasteiger charge is -2.31. The maximum atomic E-state index is 9.96. The summed E-state index contributed by atoms with van der Waals surface area (Å²) >= 11 is 3.51. The van der Waals surface area contributed by atoms with Gasteiger partial charge >= 0.3 is 0 Å². The topological polar surface area (TPSA) is 124 Å². The van der Waals surface area contributed by atoms with Gasteiger partial charge in [-0.05, 0) is 53.5 Å². The molecule has 0 saturated carbocycles. The molecule has 3 rings (SSSR count). The highest BCUT2D eigenvalue weighted by Gasteiger charge is 2.35. The van der Waals surface area contributed by atoms with Gasteiger partial charge in [-0.3, -0.25) is 0 Å². The summed E-state index contributed by atoms with van der Waals surface area (Å²) in [7, 11) is 0. The summed E-state index contributed by atoms with van der Waals surface area (Å²) in [5, 5.41) is 22.6. The van der Waals surface area contributed by atoms with Gasteiger partial charge in [0.1, 0.15) is 11.9 Å². The zero-order valence-electron chi connectivity index (χ0n) is 14.2. The maximum absolute atomic E-state index is 9.96. The normalized spacial score (nSPS) is 22.7. The number of nitrogens with one attached hydrogen (secondary N) is 1. The zero-order valence-corrected chi connectivity index (χ0v) is 15.8. The summed E-state index contributed by atoms with van der Waals surface area (Å²) < 4.78 is 0.652. The van der Waals surface area contributed by atoms with E-state index in [2.05, 4.69) is 38.4 Å². The second-order valence-corrected chi connectivity index (χ2v) is 7.10. The number of piperidine rings is 1. The summed E-state index contributed by atoms with van der Waals surface area (Å²) in [6, 6.07) is 9.91. The van der Waals surface area contributed by atoms with E-state index in [-0.39, 0.29) is 5.92 Å². The largest absolute Gasteiger partial charge is 0.404 e. The van der Waals surface area contributed by atoms with Crippen molar-refractivity contribution in [1.82, 2.24) is 5.32 Å². The molecule has 26 heavy (non-hydrogen) atoms. The van der Waals surface area contributed by atoms with E-state index in [0.717, 1.165) is 37.2 Å². The third-order valence-electron chi connectivity index (χ3n) is 4.90. The molecule has 7 heteroatoms. The number of nitrogens with zero attached hydrogens (tertiary/aromatic N) is 3. The van der Waals surface area contributed by atoms with Crippen molar-refractivity contribution >= 4 is 21.8 Å². The predicted molar refractivity (Wildman–Crippen MR) is 104 cm³/mol. The molecular formula is C19H19BrN6. The van der Waals surface area contributed by atoms with Crippen molar-refractivity contribution in [3.63, 3.8) is 0 Å². The van der Waals surface area contributed by atoms with E-state index in [1.807, 2.05) is 6.07 Å². The highest BCUT2D eigenvalue weighted by atomic mass is 79.9. The van der Waals surface area contributed by atoms with E-state index in [0.29, 0.717) is 27.0 Å². The minimum absolute atomic E-state index is 0.184. The van der Waals surface area contributed by atoms with Gasteiger partial charge in [-0.2, -0.15) is 10.5 Å². The van der Waals surface area contributed by atoms with Crippen LogP contribution in [-0.2, 0) is 0 Å². The van der Waals surface area contributed by atoms with E-state index in [1.54, 1.807) is 12.1 Å². The lowest BCUT2D eigenvalue weighted by molar-refractivity contribution is 0.414. The fourth-order valence-electron chi connectivity index (χ4n) is 3.60. The minimum Gasteiger partial charge on any atom is -0.404 e. The first kappa shape index (κ1) is 18.2. The molecule has 0 spiro atoms. The van der Waals surface area contributed by atoms with Crippen LogP contribution in [0.2, 0.25) is 0 Å². The molecular weight excluding hydrogens is 392 g/mol. The van der Waals surface area contributed by atoms with Crippen LogP contribution in [0.15, 0.2) is 50.7 Å². The molecule has 0 amide bonds. The summed E-state index contributed by atoms with van der Waals surface area (Å²) in [4.78, 5) is 4.55. The lowest BCUT2D eigenvalue weighted by Crippen LogP contribution is -2.33. The van der Waals surface area contributed by atoms with Crippen LogP contribution in [0.1, 0.15) is 29.9 Å². The quantitative estimate of drug-likeness (QED) is 0.690. The number of amidine groups is 1. The van der Waals surface area contributed by atoms with Gasteiger partial charge in [-0.25, -0.2) is 4.99 Å². The summed E-state index contributed by atoms with van der Waals surface area (Å²) in [6.07, 6.45) is 3.22. The standard InChI is InChI=1S/C19H19BrN6/c20-17-12(8-21)2-1-3-13(17)16-14(9-22)18(11-4-6-25-7-5-11)26-19(24)15(16)10-23/h1-3,10-11,16,25H,4-7,23H2,(H2,24,26)/b15-10-. The molecule has 132 valence electrons. The predicted octanol–water partition coefficient (Wildman–Crippen LogP) is 2.40. The summed E-state index contributed by atoms with van der Waals surface area (Å²) in [5.74, 6) is 0.0820. The van der Waals surface area contributed by atoms with Crippen molar-refractivity contribution < 1.29 is 0 Å². The smallest absolute Gasteiger partial charge is 0.129 e. The molecule has 1 saturated heterocycles. The van der Waals surface area contributed by atoms with Gasteiger partial charge in [-0.1, -0.05) is 12.1 Å². The Morgan fingerprint density at radius 1 is 1.23 bits per heavy atom. The van der Waals surface area contributed by atoms with Gasteiger partial charge in [0, 0.05) is 22.2 Å². The van der Waals surface area contributed by atoms with E-state index in [9.17, 15) is 10.5 Å². The first-order chi connectivity index (χ1) is 12.6. The van der Waals surface area contributed by atoms with E-state index in [1.165, 1.54) is 6.20 Å². The third kappa shape index (κ3) is 3.12. The molecule has 1 aromatic rings. The number of aliphatic imine (C=N–C) groups is 1. The van der Waals surface area contributed by atoms with Crippen LogP contribution in [-0.4, -0.2) is 18.9 Å². The number of rotatable bonds is 2. The molecule has 1 fully saturated rings. The Morgan fingerprint density at radius 3 is 2.58 bits per heavy atom. The number of allylic oxidation sites excluding steroid dienone is 2. The fraction of sp³-hybridized carbons (Fsp3) is 0.316. The number of nitrogens with two attached hydrogens (primary N) is 2. The zero-order chi connectivity index (χ0) is 18.7. The van der Waals surface area contributed by atoms with Crippen molar-refractivity contribution in [2.75, 3.05) is 13.1 Å². The highest BCUT2D eigenvalue weighted by molar-refractivity contribution is 9.10. The average Bonchev–Trinajstić information content (AvgIpc) is 2.68. The SMILES string of the molecule is N#CC1=C(C2CCNCC2)N=C(N)/C(=C\N)C1c1cccc(C#N)c1Br. The van der Waals surface area contributed by atoms with Crippen LogP contribution in [0, 0.1) is 28.6 Å². The number of hydrogen-bond donors (Lipinski definition) is 3. The highest BCUT2D eigenvalue weighted by Crippen LogP contribution is 2.43. The van der Waals surface area contributed by atoms with Crippen molar-refractivity contribution in [3.05, 3.63) is 56.8 Å². The molecule has 0 aliphatic carbocycles. The van der Waals surface area contributed by atoms with Gasteiger partial charge in [0.05, 0.1) is 28.8 Å². The molecule has 2 aliphatic rings. The third-order valence-corrected chi connectivity index (χ3v) is 5.78. The molecule has 0 radical (unpaired) electrons. The number of benzene rings is 1. The van der Waals surface area contributed by atoms with Crippen LogP contribution in [0.25, 0.3) is 0 Å². The monoisotopic (exact) mass is 410 g/mol. The van der Waals surface area contributed by atoms with Crippen LogP contribution in [0.4, 0.5) is 0 Å². The van der Waals surface area contributed by atoms with E-state index >= 15 is 0 Å². The molecule has 0 aromatic heterocycles.